The zero-order valence-electron chi connectivity index (χ0n) is 18.6. The van der Waals surface area contributed by atoms with Crippen LogP contribution in [0.25, 0.3) is 27.5 Å². The SMILES string of the molecule is Cn1c(=O)n(C2CCC(O)CC2)c2c3cc(C(C=Nc4ccccc4)=CN)ccc3ncc21. The van der Waals surface area contributed by atoms with Gasteiger partial charge in [-0.2, -0.15) is 0 Å². The monoisotopic (exact) mass is 441 g/mol. The van der Waals surface area contributed by atoms with Crippen LogP contribution >= 0.6 is 0 Å². The molecule has 7 heteroatoms. The van der Waals surface area contributed by atoms with Crippen molar-refractivity contribution in [1.82, 2.24) is 14.1 Å². The molecule has 0 unspecified atom stereocenters. The van der Waals surface area contributed by atoms with Crippen molar-refractivity contribution in [2.24, 2.45) is 17.8 Å². The summed E-state index contributed by atoms with van der Waals surface area (Å²) in [6.07, 6.45) is 7.76. The smallest absolute Gasteiger partial charge is 0.329 e. The maximum Gasteiger partial charge on any atom is 0.329 e. The molecule has 0 bridgehead atoms. The lowest BCUT2D eigenvalue weighted by Gasteiger charge is -2.26. The summed E-state index contributed by atoms with van der Waals surface area (Å²) in [6, 6.07) is 15.7. The summed E-state index contributed by atoms with van der Waals surface area (Å²) >= 11 is 0. The van der Waals surface area contributed by atoms with Crippen molar-refractivity contribution in [3.8, 4) is 0 Å². The predicted molar refractivity (Wildman–Crippen MR) is 133 cm³/mol. The topological polar surface area (TPSA) is 98.4 Å². The summed E-state index contributed by atoms with van der Waals surface area (Å²) in [4.78, 5) is 22.4. The van der Waals surface area contributed by atoms with E-state index in [0.717, 1.165) is 51.6 Å². The average molecular weight is 442 g/mol. The van der Waals surface area contributed by atoms with Crippen LogP contribution in [0.1, 0.15) is 37.3 Å². The van der Waals surface area contributed by atoms with Gasteiger partial charge in [-0.15, -0.1) is 0 Å². The van der Waals surface area contributed by atoms with Gasteiger partial charge < -0.3 is 10.8 Å². The Hall–Kier alpha value is -3.71. The zero-order valence-corrected chi connectivity index (χ0v) is 18.6. The average Bonchev–Trinajstić information content (AvgIpc) is 3.11. The van der Waals surface area contributed by atoms with Crippen LogP contribution in [0.3, 0.4) is 0 Å². The second kappa shape index (κ2) is 8.67. The molecule has 7 nitrogen and oxygen atoms in total. The molecule has 1 fully saturated rings. The summed E-state index contributed by atoms with van der Waals surface area (Å²) in [7, 11) is 1.79. The quantitative estimate of drug-likeness (QED) is 0.467. The molecule has 2 aromatic heterocycles. The molecule has 0 saturated heterocycles. The Labute approximate surface area is 191 Å². The molecule has 0 atom stereocenters. The Morgan fingerprint density at radius 3 is 2.64 bits per heavy atom. The highest BCUT2D eigenvalue weighted by Gasteiger charge is 2.26. The molecule has 1 aliphatic carbocycles. The highest BCUT2D eigenvalue weighted by Crippen LogP contribution is 2.33. The molecule has 1 saturated carbocycles. The number of aliphatic hydroxyl groups excluding tert-OH is 1. The lowest BCUT2D eigenvalue weighted by Crippen LogP contribution is -2.29. The number of pyridine rings is 1. The maximum absolute atomic E-state index is 13.2. The van der Waals surface area contributed by atoms with Crippen molar-refractivity contribution in [3.05, 3.63) is 77.0 Å². The van der Waals surface area contributed by atoms with Gasteiger partial charge in [-0.05, 0) is 55.5 Å². The van der Waals surface area contributed by atoms with Crippen LogP contribution < -0.4 is 11.4 Å². The van der Waals surface area contributed by atoms with Crippen LogP contribution in [-0.4, -0.2) is 31.5 Å². The fourth-order valence-corrected chi connectivity index (χ4v) is 4.73. The molecule has 0 aliphatic heterocycles. The van der Waals surface area contributed by atoms with Crippen LogP contribution in [-0.2, 0) is 7.05 Å². The fourth-order valence-electron chi connectivity index (χ4n) is 4.73. The molecule has 3 N–H and O–H groups in total. The molecule has 5 rings (SSSR count). The number of nitrogens with two attached hydrogens (primary N) is 1. The molecule has 33 heavy (non-hydrogen) atoms. The van der Waals surface area contributed by atoms with Gasteiger partial charge >= 0.3 is 5.69 Å². The summed E-state index contributed by atoms with van der Waals surface area (Å²) < 4.78 is 3.56. The van der Waals surface area contributed by atoms with E-state index in [2.05, 4.69) is 9.98 Å². The number of allylic oxidation sites excluding steroid dienone is 1. The van der Waals surface area contributed by atoms with Crippen molar-refractivity contribution >= 4 is 39.4 Å². The third-order valence-electron chi connectivity index (χ3n) is 6.57. The van der Waals surface area contributed by atoms with E-state index >= 15 is 0 Å². The van der Waals surface area contributed by atoms with E-state index in [1.54, 1.807) is 30.2 Å². The van der Waals surface area contributed by atoms with Crippen LogP contribution in [0.2, 0.25) is 0 Å². The van der Waals surface area contributed by atoms with Gasteiger partial charge in [0.25, 0.3) is 0 Å². The molecule has 1 aliphatic rings. The van der Waals surface area contributed by atoms with Gasteiger partial charge in [-0.3, -0.25) is 19.1 Å². The van der Waals surface area contributed by atoms with E-state index in [1.807, 2.05) is 53.1 Å². The number of para-hydroxylation sites is 1. The number of hydrogen-bond acceptors (Lipinski definition) is 5. The van der Waals surface area contributed by atoms with Crippen molar-refractivity contribution in [1.29, 1.82) is 0 Å². The molecule has 0 spiro atoms. The second-order valence-corrected chi connectivity index (χ2v) is 8.61. The van der Waals surface area contributed by atoms with Gasteiger partial charge in [0.05, 0.1) is 34.5 Å². The number of rotatable bonds is 4. The van der Waals surface area contributed by atoms with Gasteiger partial charge in [0.15, 0.2) is 0 Å². The first-order chi connectivity index (χ1) is 16.1. The van der Waals surface area contributed by atoms with Crippen molar-refractivity contribution in [2.75, 3.05) is 0 Å². The van der Waals surface area contributed by atoms with Crippen LogP contribution in [0.5, 0.6) is 0 Å². The summed E-state index contributed by atoms with van der Waals surface area (Å²) in [6.45, 7) is 0. The number of fused-ring (bicyclic) bond motifs is 3. The number of nitrogens with zero attached hydrogens (tertiary/aromatic N) is 4. The predicted octanol–water partition coefficient (Wildman–Crippen LogP) is 4.07. The number of aliphatic hydroxyl groups is 1. The Kier molecular flexibility index (Phi) is 5.56. The Morgan fingerprint density at radius 2 is 1.91 bits per heavy atom. The first-order valence-corrected chi connectivity index (χ1v) is 11.3. The van der Waals surface area contributed by atoms with E-state index in [4.69, 9.17) is 5.73 Å². The number of benzene rings is 2. The Bertz CT molecular complexity index is 1420. The standard InChI is InChI=1S/C26H27N5O2/c1-30-24-16-29-23-12-7-17(18(14-27)15-28-19-5-3-2-4-6-19)13-22(23)25(24)31(26(30)33)20-8-10-21(32)11-9-20/h2-7,12-16,20-21,32H,8-11,27H2,1H3. The molecule has 2 aromatic carbocycles. The molecule has 0 amide bonds. The second-order valence-electron chi connectivity index (χ2n) is 8.61. The van der Waals surface area contributed by atoms with Crippen molar-refractivity contribution < 1.29 is 5.11 Å². The van der Waals surface area contributed by atoms with Crippen molar-refractivity contribution in [3.63, 3.8) is 0 Å². The van der Waals surface area contributed by atoms with Gasteiger partial charge in [-0.25, -0.2) is 4.79 Å². The molecule has 0 radical (unpaired) electrons. The largest absolute Gasteiger partial charge is 0.404 e. The highest BCUT2D eigenvalue weighted by atomic mass is 16.3. The summed E-state index contributed by atoms with van der Waals surface area (Å²) in [5.41, 5.74) is 10.9. The minimum Gasteiger partial charge on any atom is -0.404 e. The lowest BCUT2D eigenvalue weighted by molar-refractivity contribution is 0.111. The number of aliphatic imine (C=N–C) groups is 1. The third kappa shape index (κ3) is 3.85. The van der Waals surface area contributed by atoms with Gasteiger partial charge in [-0.1, -0.05) is 24.3 Å². The molecule has 168 valence electrons. The first-order valence-electron chi connectivity index (χ1n) is 11.3. The highest BCUT2D eigenvalue weighted by molar-refractivity contribution is 6.12. The van der Waals surface area contributed by atoms with Gasteiger partial charge in [0.1, 0.15) is 0 Å². The summed E-state index contributed by atoms with van der Waals surface area (Å²) in [5, 5.41) is 10.9. The van der Waals surface area contributed by atoms with E-state index in [0.29, 0.717) is 12.8 Å². The molecule has 4 aromatic rings. The lowest BCUT2D eigenvalue weighted by atomic mass is 9.92. The van der Waals surface area contributed by atoms with Crippen LogP contribution in [0.15, 0.2) is 70.7 Å². The van der Waals surface area contributed by atoms with Crippen molar-refractivity contribution in [2.45, 2.75) is 37.8 Å². The van der Waals surface area contributed by atoms with Crippen LogP contribution in [0.4, 0.5) is 5.69 Å². The normalized spacial score (nSPS) is 19.6. The van der Waals surface area contributed by atoms with Gasteiger partial charge in [0, 0.05) is 36.5 Å². The number of hydrogen-bond donors (Lipinski definition) is 2. The number of imidazole rings is 1. The zero-order chi connectivity index (χ0) is 22.9. The first kappa shape index (κ1) is 21.2. The maximum atomic E-state index is 13.2. The fraction of sp³-hybridized carbons (Fsp3) is 0.269. The third-order valence-corrected chi connectivity index (χ3v) is 6.57. The number of aryl methyl sites for hydroxylation is 1. The Morgan fingerprint density at radius 1 is 1.15 bits per heavy atom. The molecular formula is C26H27N5O2. The van der Waals surface area contributed by atoms with E-state index < -0.39 is 0 Å². The molecule has 2 heterocycles. The van der Waals surface area contributed by atoms with E-state index in [1.165, 1.54) is 0 Å². The Balaban J connectivity index is 1.65. The molecular weight excluding hydrogens is 414 g/mol. The van der Waals surface area contributed by atoms with Gasteiger partial charge in [0.2, 0.25) is 0 Å². The minimum absolute atomic E-state index is 0.0497. The number of aromatic nitrogens is 3. The van der Waals surface area contributed by atoms with Crippen LogP contribution in [0, 0.1) is 0 Å². The summed E-state index contributed by atoms with van der Waals surface area (Å²) in [5.74, 6) is 0. The minimum atomic E-state index is -0.280. The van der Waals surface area contributed by atoms with E-state index in [9.17, 15) is 9.90 Å². The van der Waals surface area contributed by atoms with E-state index in [-0.39, 0.29) is 17.8 Å².